The number of hydrogen-bond donors (Lipinski definition) is 2. The van der Waals surface area contributed by atoms with Crippen LogP contribution in [-0.2, 0) is 0 Å². The van der Waals surface area contributed by atoms with E-state index in [1.165, 1.54) is 71.1 Å². The Labute approximate surface area is 393 Å². The van der Waals surface area contributed by atoms with Gasteiger partial charge in [0.2, 0.25) is 0 Å². The summed E-state index contributed by atoms with van der Waals surface area (Å²) in [5.41, 5.74) is 20.5. The van der Waals surface area contributed by atoms with E-state index in [1.807, 2.05) is 36.4 Å². The van der Waals surface area contributed by atoms with Crippen molar-refractivity contribution in [2.24, 2.45) is 0 Å². The number of aromatic nitrogens is 3. The lowest BCUT2D eigenvalue weighted by molar-refractivity contribution is 0.718. The second-order valence-corrected chi connectivity index (χ2v) is 17.8. The molecule has 0 aliphatic rings. The molecule has 10 aromatic carbocycles. The first-order chi connectivity index (χ1) is 33.6. The van der Waals surface area contributed by atoms with Gasteiger partial charge in [-0.05, 0) is 112 Å². The van der Waals surface area contributed by atoms with Crippen LogP contribution in [0.5, 0.6) is 0 Å². The van der Waals surface area contributed by atoms with Crippen molar-refractivity contribution in [2.75, 3.05) is 5.43 Å². The average molecular weight is 872 g/mol. The minimum Gasteiger partial charge on any atom is -0.317 e. The molecular weight excluding hydrogens is 827 g/mol. The van der Waals surface area contributed by atoms with Gasteiger partial charge in [-0.1, -0.05) is 164 Å². The molecule has 3 heterocycles. The number of rotatable bonds is 10. The summed E-state index contributed by atoms with van der Waals surface area (Å²) in [6, 6.07) is 86.9. The SMILES string of the molecule is N=C(CC(Nn1c2ccccc2c2cc(-c3ccc4c(c3)c3ccccc3n4-c3ccc4c(c3)c3cc(-c5ccccc5)ccc3n4-c3ccccc3)ccc21)c1ccccc1)c1ccccc1. The molecule has 5 heteroatoms. The van der Waals surface area contributed by atoms with Gasteiger partial charge in [-0.25, -0.2) is 0 Å². The van der Waals surface area contributed by atoms with Gasteiger partial charge in [0.25, 0.3) is 0 Å². The lowest BCUT2D eigenvalue weighted by atomic mass is 9.98. The molecule has 68 heavy (non-hydrogen) atoms. The van der Waals surface area contributed by atoms with Gasteiger partial charge < -0.3 is 20.0 Å². The van der Waals surface area contributed by atoms with E-state index in [4.69, 9.17) is 5.41 Å². The van der Waals surface area contributed by atoms with Gasteiger partial charge in [0.05, 0.1) is 39.1 Å². The van der Waals surface area contributed by atoms with Crippen molar-refractivity contribution >= 4 is 71.1 Å². The van der Waals surface area contributed by atoms with Crippen molar-refractivity contribution in [1.82, 2.24) is 13.8 Å². The Hall–Kier alpha value is -8.93. The third-order valence-corrected chi connectivity index (χ3v) is 13.8. The second kappa shape index (κ2) is 16.2. The van der Waals surface area contributed by atoms with E-state index >= 15 is 0 Å². The predicted octanol–water partition coefficient (Wildman–Crippen LogP) is 16.1. The predicted molar refractivity (Wildman–Crippen MR) is 285 cm³/mol. The Morgan fingerprint density at radius 3 is 1.44 bits per heavy atom. The fourth-order valence-electron chi connectivity index (χ4n) is 10.6. The number of para-hydroxylation sites is 3. The van der Waals surface area contributed by atoms with Crippen LogP contribution in [0.4, 0.5) is 0 Å². The third-order valence-electron chi connectivity index (χ3n) is 13.8. The fourth-order valence-corrected chi connectivity index (χ4v) is 10.6. The van der Waals surface area contributed by atoms with E-state index in [2.05, 4.69) is 225 Å². The van der Waals surface area contributed by atoms with Gasteiger partial charge in [0, 0.05) is 55.8 Å². The minimum absolute atomic E-state index is 0.128. The van der Waals surface area contributed by atoms with E-state index in [0.29, 0.717) is 12.1 Å². The molecule has 2 N–H and O–H groups in total. The standard InChI is InChI=1S/C63H45N5/c64-56(43-19-7-2-8-20-43)41-57(44-21-9-3-10-22-44)65-68-62-28-16-14-26-51(62)53-39-47(31-35-63(53)68)46-30-34-59-52(38-46)50-25-13-15-27-58(50)67(59)49-32-36-61-55(40-49)54-37-45(42-17-5-1-6-18-42)29-33-60(54)66(61)48-23-11-4-12-24-48/h1-40,57,64-65H,41H2. The molecule has 0 radical (unpaired) electrons. The summed E-state index contributed by atoms with van der Waals surface area (Å²) in [6.07, 6.45) is 0.536. The molecule has 0 amide bonds. The van der Waals surface area contributed by atoms with Gasteiger partial charge in [0.15, 0.2) is 0 Å². The molecule has 1 atom stereocenters. The number of nitrogens with zero attached hydrogens (tertiary/aromatic N) is 3. The molecule has 0 aliphatic heterocycles. The molecule has 13 aromatic rings. The molecule has 5 nitrogen and oxygen atoms in total. The second-order valence-electron chi connectivity index (χ2n) is 17.8. The van der Waals surface area contributed by atoms with Crippen LogP contribution in [0.1, 0.15) is 23.6 Å². The first-order valence-electron chi connectivity index (χ1n) is 23.4. The Balaban J connectivity index is 0.924. The van der Waals surface area contributed by atoms with Crippen LogP contribution >= 0.6 is 0 Å². The summed E-state index contributed by atoms with van der Waals surface area (Å²) >= 11 is 0. The van der Waals surface area contributed by atoms with E-state index in [0.717, 1.165) is 39.1 Å². The van der Waals surface area contributed by atoms with Crippen LogP contribution in [0.15, 0.2) is 243 Å². The van der Waals surface area contributed by atoms with Crippen molar-refractivity contribution in [3.05, 3.63) is 254 Å². The van der Waals surface area contributed by atoms with Crippen LogP contribution in [-0.4, -0.2) is 19.5 Å². The Kier molecular flexibility index (Phi) is 9.39. The third kappa shape index (κ3) is 6.58. The van der Waals surface area contributed by atoms with Crippen LogP contribution in [0.3, 0.4) is 0 Å². The van der Waals surface area contributed by atoms with Crippen molar-refractivity contribution in [3.8, 4) is 33.6 Å². The number of nitrogens with one attached hydrogen (secondary N) is 2. The largest absolute Gasteiger partial charge is 0.317 e. The summed E-state index contributed by atoms with van der Waals surface area (Å²) in [6.45, 7) is 0. The Morgan fingerprint density at radius 1 is 0.353 bits per heavy atom. The normalized spacial score (nSPS) is 12.2. The molecule has 13 rings (SSSR count). The number of fused-ring (bicyclic) bond motifs is 9. The van der Waals surface area contributed by atoms with Crippen LogP contribution in [0, 0.1) is 5.41 Å². The highest BCUT2D eigenvalue weighted by Crippen LogP contribution is 2.40. The Morgan fingerprint density at radius 2 is 0.779 bits per heavy atom. The van der Waals surface area contributed by atoms with Gasteiger partial charge in [-0.3, -0.25) is 4.68 Å². The number of hydrogen-bond acceptors (Lipinski definition) is 2. The summed E-state index contributed by atoms with van der Waals surface area (Å²) in [5.74, 6) is 0. The maximum absolute atomic E-state index is 9.12. The first-order valence-corrected chi connectivity index (χ1v) is 23.4. The number of benzene rings is 10. The van der Waals surface area contributed by atoms with Gasteiger partial charge in [-0.15, -0.1) is 0 Å². The maximum Gasteiger partial charge on any atom is 0.0729 e. The summed E-state index contributed by atoms with van der Waals surface area (Å²) < 4.78 is 7.06. The van der Waals surface area contributed by atoms with Crippen molar-refractivity contribution in [2.45, 2.75) is 12.5 Å². The lowest BCUT2D eigenvalue weighted by Crippen LogP contribution is -2.23. The zero-order chi connectivity index (χ0) is 45.1. The molecule has 1 unspecified atom stereocenters. The van der Waals surface area contributed by atoms with Gasteiger partial charge in [0.1, 0.15) is 0 Å². The fraction of sp³-hybridized carbons (Fsp3) is 0.0317. The van der Waals surface area contributed by atoms with Crippen LogP contribution in [0.2, 0.25) is 0 Å². The monoisotopic (exact) mass is 871 g/mol. The molecule has 0 bridgehead atoms. The molecule has 322 valence electrons. The molecule has 0 spiro atoms. The average Bonchev–Trinajstić information content (AvgIpc) is 4.03. The zero-order valence-corrected chi connectivity index (χ0v) is 37.2. The molecule has 0 saturated heterocycles. The van der Waals surface area contributed by atoms with Crippen molar-refractivity contribution in [3.63, 3.8) is 0 Å². The van der Waals surface area contributed by atoms with Gasteiger partial charge >= 0.3 is 0 Å². The van der Waals surface area contributed by atoms with Gasteiger partial charge in [-0.2, -0.15) is 0 Å². The molecular formula is C63H45N5. The summed E-state index contributed by atoms with van der Waals surface area (Å²) in [4.78, 5) is 0. The lowest BCUT2D eigenvalue weighted by Gasteiger charge is -2.23. The highest BCUT2D eigenvalue weighted by atomic mass is 15.4. The highest BCUT2D eigenvalue weighted by Gasteiger charge is 2.21. The molecule has 0 fully saturated rings. The van der Waals surface area contributed by atoms with E-state index in [9.17, 15) is 0 Å². The smallest absolute Gasteiger partial charge is 0.0729 e. The van der Waals surface area contributed by atoms with Crippen LogP contribution < -0.4 is 5.43 Å². The van der Waals surface area contributed by atoms with Crippen molar-refractivity contribution < 1.29 is 0 Å². The first kappa shape index (κ1) is 39.4. The van der Waals surface area contributed by atoms with Crippen LogP contribution in [0.25, 0.3) is 99.0 Å². The molecule has 0 aliphatic carbocycles. The van der Waals surface area contributed by atoms with E-state index in [-0.39, 0.29) is 6.04 Å². The van der Waals surface area contributed by atoms with E-state index in [1.54, 1.807) is 0 Å². The molecule has 0 saturated carbocycles. The topological polar surface area (TPSA) is 50.7 Å². The quantitative estimate of drug-likeness (QED) is 0.132. The summed E-state index contributed by atoms with van der Waals surface area (Å²) in [5, 5.41) is 16.4. The molecule has 3 aromatic heterocycles. The highest BCUT2D eigenvalue weighted by molar-refractivity contribution is 6.14. The van der Waals surface area contributed by atoms with Crippen molar-refractivity contribution in [1.29, 1.82) is 5.41 Å². The minimum atomic E-state index is -0.128. The Bertz CT molecular complexity index is 4030. The van der Waals surface area contributed by atoms with E-state index < -0.39 is 0 Å². The zero-order valence-electron chi connectivity index (χ0n) is 37.2. The maximum atomic E-state index is 9.12. The summed E-state index contributed by atoms with van der Waals surface area (Å²) in [7, 11) is 0.